The molecule has 0 aromatic rings. The Bertz CT molecular complexity index is 245. The Morgan fingerprint density at radius 1 is 1.06 bits per heavy atom. The number of carbonyl (C=O) groups is 3. The molecular formula is C9H15NO6. The molecule has 1 heterocycles. The summed E-state index contributed by atoms with van der Waals surface area (Å²) in [6, 6.07) is -0.269. The molecule has 0 aromatic heterocycles. The van der Waals surface area contributed by atoms with E-state index in [0.717, 1.165) is 19.4 Å². The number of rotatable bonds is 4. The molecule has 1 rings (SSSR count). The molecule has 7 heteroatoms. The predicted octanol–water partition coefficient (Wildman–Crippen LogP) is -0.241. The topological polar surface area (TPSA) is 124 Å². The number of carboxylic acid groups (broad SMARTS) is 3. The van der Waals surface area contributed by atoms with Gasteiger partial charge in [-0.3, -0.25) is 14.4 Å². The van der Waals surface area contributed by atoms with Gasteiger partial charge in [-0.2, -0.15) is 0 Å². The molecule has 1 atom stereocenters. The van der Waals surface area contributed by atoms with E-state index in [0.29, 0.717) is 0 Å². The molecule has 1 saturated heterocycles. The molecule has 0 spiro atoms. The van der Waals surface area contributed by atoms with Gasteiger partial charge in [0.25, 0.3) is 0 Å². The van der Waals surface area contributed by atoms with Crippen LogP contribution in [0.15, 0.2) is 0 Å². The lowest BCUT2D eigenvalue weighted by molar-refractivity contribution is -0.143. The molecule has 0 aromatic carbocycles. The van der Waals surface area contributed by atoms with Crippen LogP contribution in [0.5, 0.6) is 0 Å². The molecule has 4 N–H and O–H groups in total. The van der Waals surface area contributed by atoms with Gasteiger partial charge in [-0.1, -0.05) is 0 Å². The van der Waals surface area contributed by atoms with Gasteiger partial charge in [-0.25, -0.2) is 0 Å². The summed E-state index contributed by atoms with van der Waals surface area (Å²) >= 11 is 0. The molecule has 0 aliphatic carbocycles. The predicted molar refractivity (Wildman–Crippen MR) is 53.2 cm³/mol. The summed E-state index contributed by atoms with van der Waals surface area (Å²) in [4.78, 5) is 29.4. The molecular weight excluding hydrogens is 218 g/mol. The molecule has 1 fully saturated rings. The molecule has 92 valence electrons. The molecule has 0 radical (unpaired) electrons. The van der Waals surface area contributed by atoms with E-state index in [1.165, 1.54) is 0 Å². The zero-order valence-corrected chi connectivity index (χ0v) is 8.68. The molecule has 0 unspecified atom stereocenters. The smallest absolute Gasteiger partial charge is 0.320 e. The summed E-state index contributed by atoms with van der Waals surface area (Å²) in [5.41, 5.74) is 0. The highest BCUT2D eigenvalue weighted by molar-refractivity contribution is 5.75. The molecule has 1 aliphatic heterocycles. The van der Waals surface area contributed by atoms with Crippen molar-refractivity contribution in [2.75, 3.05) is 6.54 Å². The summed E-state index contributed by atoms with van der Waals surface area (Å²) in [6.45, 7) is 0.858. The average molecular weight is 233 g/mol. The number of carboxylic acids is 3. The van der Waals surface area contributed by atoms with E-state index in [1.807, 2.05) is 0 Å². The first-order valence-corrected chi connectivity index (χ1v) is 4.83. The van der Waals surface area contributed by atoms with Gasteiger partial charge in [0.2, 0.25) is 0 Å². The van der Waals surface area contributed by atoms with Crippen molar-refractivity contribution in [3.05, 3.63) is 0 Å². The zero-order valence-electron chi connectivity index (χ0n) is 8.68. The van der Waals surface area contributed by atoms with Crippen molar-refractivity contribution in [1.29, 1.82) is 0 Å². The number of aliphatic carboxylic acids is 3. The average Bonchev–Trinajstić information content (AvgIpc) is 2.68. The van der Waals surface area contributed by atoms with Gasteiger partial charge in [0.1, 0.15) is 6.04 Å². The molecule has 0 bridgehead atoms. The lowest BCUT2D eigenvalue weighted by Crippen LogP contribution is -2.29. The summed E-state index contributed by atoms with van der Waals surface area (Å²) in [7, 11) is 0. The van der Waals surface area contributed by atoms with Gasteiger partial charge in [-0.05, 0) is 19.4 Å². The number of hydrogen-bond donors (Lipinski definition) is 4. The largest absolute Gasteiger partial charge is 0.481 e. The molecule has 1 aliphatic rings. The number of nitrogens with one attached hydrogen (secondary N) is 1. The van der Waals surface area contributed by atoms with Crippen LogP contribution in [0.2, 0.25) is 0 Å². The third-order valence-electron chi connectivity index (χ3n) is 1.91. The monoisotopic (exact) mass is 233 g/mol. The van der Waals surface area contributed by atoms with E-state index in [1.54, 1.807) is 0 Å². The van der Waals surface area contributed by atoms with Crippen molar-refractivity contribution < 1.29 is 29.7 Å². The summed E-state index contributed by atoms with van der Waals surface area (Å²) in [5.74, 6) is -2.87. The second-order valence-corrected chi connectivity index (χ2v) is 3.27. The summed E-state index contributed by atoms with van der Waals surface area (Å²) in [5, 5.41) is 27.0. The fraction of sp³-hybridized carbons (Fsp3) is 0.667. The van der Waals surface area contributed by atoms with Crippen LogP contribution in [0.3, 0.4) is 0 Å². The van der Waals surface area contributed by atoms with Gasteiger partial charge in [-0.15, -0.1) is 0 Å². The highest BCUT2D eigenvalue weighted by atomic mass is 16.4. The fourth-order valence-corrected chi connectivity index (χ4v) is 1.11. The Morgan fingerprint density at radius 3 is 1.75 bits per heavy atom. The van der Waals surface area contributed by atoms with Crippen LogP contribution in [-0.2, 0) is 14.4 Å². The Hall–Kier alpha value is -1.63. The fourth-order valence-electron chi connectivity index (χ4n) is 1.11. The van der Waals surface area contributed by atoms with Crippen LogP contribution in [0.25, 0.3) is 0 Å². The van der Waals surface area contributed by atoms with Crippen molar-refractivity contribution >= 4 is 17.9 Å². The first kappa shape index (κ1) is 14.4. The van der Waals surface area contributed by atoms with Crippen molar-refractivity contribution in [2.24, 2.45) is 0 Å². The van der Waals surface area contributed by atoms with Crippen molar-refractivity contribution in [3.8, 4) is 0 Å². The Labute approximate surface area is 92.1 Å². The van der Waals surface area contributed by atoms with Crippen LogP contribution in [0.1, 0.15) is 25.7 Å². The third-order valence-corrected chi connectivity index (χ3v) is 1.91. The Kier molecular flexibility index (Phi) is 6.86. The van der Waals surface area contributed by atoms with E-state index in [-0.39, 0.29) is 18.9 Å². The van der Waals surface area contributed by atoms with Crippen LogP contribution in [0.4, 0.5) is 0 Å². The third kappa shape index (κ3) is 7.74. The van der Waals surface area contributed by atoms with E-state index >= 15 is 0 Å². The minimum atomic E-state index is -1.08. The minimum Gasteiger partial charge on any atom is -0.481 e. The lowest BCUT2D eigenvalue weighted by atomic mass is 10.2. The highest BCUT2D eigenvalue weighted by Gasteiger charge is 2.20. The standard InChI is InChI=1S/C5H9NO2.C4H6O4/c7-5(8)4-2-1-3-6-4;5-3(6)1-2-4(7)8/h4,6H,1-3H2,(H,7,8);1-2H2,(H,5,6)(H,7,8)/t4-;/m0./s1. The summed E-state index contributed by atoms with van der Waals surface area (Å²) < 4.78 is 0. The maximum Gasteiger partial charge on any atom is 0.320 e. The maximum atomic E-state index is 10.1. The van der Waals surface area contributed by atoms with Gasteiger partial charge in [0, 0.05) is 0 Å². The van der Waals surface area contributed by atoms with Crippen LogP contribution in [-0.4, -0.2) is 45.8 Å². The van der Waals surface area contributed by atoms with E-state index in [9.17, 15) is 14.4 Å². The Balaban J connectivity index is 0.000000281. The normalized spacial score (nSPS) is 18.4. The molecule has 0 saturated carbocycles. The van der Waals surface area contributed by atoms with E-state index in [4.69, 9.17) is 15.3 Å². The second kappa shape index (κ2) is 7.63. The summed E-state index contributed by atoms with van der Waals surface area (Å²) in [6.07, 6.45) is 1.19. The van der Waals surface area contributed by atoms with Crippen LogP contribution >= 0.6 is 0 Å². The van der Waals surface area contributed by atoms with Crippen LogP contribution < -0.4 is 5.32 Å². The second-order valence-electron chi connectivity index (χ2n) is 3.27. The first-order chi connectivity index (χ1) is 7.43. The first-order valence-electron chi connectivity index (χ1n) is 4.83. The van der Waals surface area contributed by atoms with Gasteiger partial charge in [0.05, 0.1) is 12.8 Å². The van der Waals surface area contributed by atoms with Gasteiger partial charge in [0.15, 0.2) is 0 Å². The molecule has 0 amide bonds. The van der Waals surface area contributed by atoms with Crippen molar-refractivity contribution in [2.45, 2.75) is 31.7 Å². The van der Waals surface area contributed by atoms with E-state index < -0.39 is 17.9 Å². The maximum absolute atomic E-state index is 10.1. The van der Waals surface area contributed by atoms with Gasteiger partial charge >= 0.3 is 17.9 Å². The van der Waals surface area contributed by atoms with Crippen molar-refractivity contribution in [3.63, 3.8) is 0 Å². The van der Waals surface area contributed by atoms with Crippen molar-refractivity contribution in [1.82, 2.24) is 5.32 Å². The minimum absolute atomic E-state index is 0.269. The molecule has 7 nitrogen and oxygen atoms in total. The number of hydrogen-bond acceptors (Lipinski definition) is 4. The molecule has 16 heavy (non-hydrogen) atoms. The zero-order chi connectivity index (χ0) is 12.6. The van der Waals surface area contributed by atoms with Crippen LogP contribution in [0, 0.1) is 0 Å². The SMILES string of the molecule is O=C(O)CCC(=O)O.O=C(O)[C@@H]1CCCN1. The quantitative estimate of drug-likeness (QED) is 0.528. The lowest BCUT2D eigenvalue weighted by Gasteiger charge is -1.99. The van der Waals surface area contributed by atoms with Gasteiger partial charge < -0.3 is 20.6 Å². The van der Waals surface area contributed by atoms with E-state index in [2.05, 4.69) is 5.32 Å². The highest BCUT2D eigenvalue weighted by Crippen LogP contribution is 2.03. The Morgan fingerprint density at radius 2 is 1.56 bits per heavy atom.